The van der Waals surface area contributed by atoms with Gasteiger partial charge in [-0.1, -0.05) is 0 Å². The zero-order valence-corrected chi connectivity index (χ0v) is 11.8. The lowest BCUT2D eigenvalue weighted by Crippen LogP contribution is -2.44. The van der Waals surface area contributed by atoms with Crippen molar-refractivity contribution in [3.63, 3.8) is 0 Å². The van der Waals surface area contributed by atoms with E-state index in [4.69, 9.17) is 10.2 Å². The minimum Gasteiger partial charge on any atom is -0.481 e. The smallest absolute Gasteiger partial charge is 0.320 e. The Balaban J connectivity index is 1.86. The molecule has 0 bridgehead atoms. The molecule has 6 heteroatoms. The fourth-order valence-electron chi connectivity index (χ4n) is 3.32. The summed E-state index contributed by atoms with van der Waals surface area (Å²) in [5.74, 6) is -0.693. The van der Waals surface area contributed by atoms with Gasteiger partial charge >= 0.3 is 12.0 Å². The summed E-state index contributed by atoms with van der Waals surface area (Å²) in [6, 6.07) is 0.298. The first-order chi connectivity index (χ1) is 9.61. The van der Waals surface area contributed by atoms with E-state index in [9.17, 15) is 9.59 Å². The van der Waals surface area contributed by atoms with E-state index in [0.29, 0.717) is 13.1 Å². The molecule has 20 heavy (non-hydrogen) atoms. The molecule has 6 nitrogen and oxygen atoms in total. The Bertz CT molecular complexity index is 361. The number of carbonyl (C=O) groups is 2. The first-order valence-electron chi connectivity index (χ1n) is 7.50. The van der Waals surface area contributed by atoms with Crippen molar-refractivity contribution in [2.75, 3.05) is 26.2 Å². The largest absolute Gasteiger partial charge is 0.481 e. The molecule has 2 unspecified atom stereocenters. The van der Waals surface area contributed by atoms with E-state index in [-0.39, 0.29) is 31.0 Å². The maximum absolute atomic E-state index is 12.5. The molecule has 2 atom stereocenters. The van der Waals surface area contributed by atoms with Gasteiger partial charge in [0.2, 0.25) is 0 Å². The fraction of sp³-hybridized carbons (Fsp3) is 0.857. The van der Waals surface area contributed by atoms with Crippen molar-refractivity contribution >= 4 is 12.0 Å². The second-order valence-corrected chi connectivity index (χ2v) is 5.84. The first kappa shape index (κ1) is 15.1. The standard InChI is InChI=1S/C14H24N2O4/c17-8-2-4-12-3-1-6-16(12)14(20)15-7-5-11(10-15)9-13(18)19/h11-12,17H,1-10H2,(H,18,19). The van der Waals surface area contributed by atoms with Crippen LogP contribution in [0.4, 0.5) is 4.79 Å². The summed E-state index contributed by atoms with van der Waals surface area (Å²) < 4.78 is 0. The van der Waals surface area contributed by atoms with Crippen LogP contribution in [0.2, 0.25) is 0 Å². The molecule has 0 aromatic carbocycles. The third-order valence-corrected chi connectivity index (χ3v) is 4.34. The Kier molecular flexibility index (Phi) is 5.23. The predicted octanol–water partition coefficient (Wildman–Crippen LogP) is 1.14. The van der Waals surface area contributed by atoms with E-state index in [2.05, 4.69) is 0 Å². The maximum Gasteiger partial charge on any atom is 0.320 e. The Morgan fingerprint density at radius 1 is 1.20 bits per heavy atom. The molecule has 2 heterocycles. The lowest BCUT2D eigenvalue weighted by atomic mass is 10.1. The van der Waals surface area contributed by atoms with Crippen molar-refractivity contribution in [1.29, 1.82) is 0 Å². The third-order valence-electron chi connectivity index (χ3n) is 4.34. The number of carboxylic acids is 1. The van der Waals surface area contributed by atoms with Crippen LogP contribution in [0.15, 0.2) is 0 Å². The Morgan fingerprint density at radius 2 is 2.00 bits per heavy atom. The maximum atomic E-state index is 12.5. The average molecular weight is 284 g/mol. The van der Waals surface area contributed by atoms with Crippen molar-refractivity contribution in [3.05, 3.63) is 0 Å². The monoisotopic (exact) mass is 284 g/mol. The Labute approximate surface area is 119 Å². The summed E-state index contributed by atoms with van der Waals surface area (Å²) in [7, 11) is 0. The fourth-order valence-corrected chi connectivity index (χ4v) is 3.32. The number of aliphatic hydroxyl groups excluding tert-OH is 1. The van der Waals surface area contributed by atoms with Crippen LogP contribution in [0.1, 0.15) is 38.5 Å². The third kappa shape index (κ3) is 3.62. The van der Waals surface area contributed by atoms with Crippen LogP contribution < -0.4 is 0 Å². The van der Waals surface area contributed by atoms with E-state index < -0.39 is 5.97 Å². The number of carbonyl (C=O) groups excluding carboxylic acids is 1. The quantitative estimate of drug-likeness (QED) is 0.793. The summed E-state index contributed by atoms with van der Waals surface area (Å²) in [5.41, 5.74) is 0. The van der Waals surface area contributed by atoms with Gasteiger partial charge < -0.3 is 20.0 Å². The second kappa shape index (κ2) is 6.92. The number of hydrogen-bond acceptors (Lipinski definition) is 3. The molecule has 0 spiro atoms. The van der Waals surface area contributed by atoms with Crippen LogP contribution >= 0.6 is 0 Å². The first-order valence-corrected chi connectivity index (χ1v) is 7.50. The number of likely N-dealkylation sites (tertiary alicyclic amines) is 2. The molecule has 114 valence electrons. The minimum atomic E-state index is -0.786. The molecule has 0 aromatic heterocycles. The van der Waals surface area contributed by atoms with Crippen molar-refractivity contribution in [3.8, 4) is 0 Å². The number of aliphatic carboxylic acids is 1. The molecule has 0 radical (unpaired) electrons. The lowest BCUT2D eigenvalue weighted by Gasteiger charge is -2.29. The van der Waals surface area contributed by atoms with Crippen LogP contribution in [-0.4, -0.2) is 64.3 Å². The highest BCUT2D eigenvalue weighted by Gasteiger charge is 2.35. The van der Waals surface area contributed by atoms with Crippen molar-refractivity contribution in [2.24, 2.45) is 5.92 Å². The number of carboxylic acid groups (broad SMARTS) is 1. The van der Waals surface area contributed by atoms with Gasteiger partial charge in [-0.3, -0.25) is 4.79 Å². The van der Waals surface area contributed by atoms with E-state index >= 15 is 0 Å². The van der Waals surface area contributed by atoms with E-state index in [1.807, 2.05) is 4.90 Å². The zero-order chi connectivity index (χ0) is 14.5. The van der Waals surface area contributed by atoms with Gasteiger partial charge in [0.1, 0.15) is 0 Å². The van der Waals surface area contributed by atoms with Gasteiger partial charge in [-0.05, 0) is 38.0 Å². The number of amides is 2. The number of nitrogens with zero attached hydrogens (tertiary/aromatic N) is 2. The van der Waals surface area contributed by atoms with Crippen LogP contribution in [0.25, 0.3) is 0 Å². The average Bonchev–Trinajstić information content (AvgIpc) is 3.03. The summed E-state index contributed by atoms with van der Waals surface area (Å²) in [5, 5.41) is 17.7. The number of hydrogen-bond donors (Lipinski definition) is 2. The van der Waals surface area contributed by atoms with Gasteiger partial charge in [-0.25, -0.2) is 4.79 Å². The summed E-state index contributed by atoms with van der Waals surface area (Å²) in [6.45, 7) is 2.19. The SMILES string of the molecule is O=C(O)CC1CCN(C(=O)N2CCCC2CCCO)C1. The predicted molar refractivity (Wildman–Crippen MR) is 73.4 cm³/mol. The Morgan fingerprint density at radius 3 is 2.70 bits per heavy atom. The molecule has 0 saturated carbocycles. The molecule has 2 rings (SSSR count). The van der Waals surface area contributed by atoms with Gasteiger partial charge in [0.25, 0.3) is 0 Å². The minimum absolute atomic E-state index is 0.0540. The lowest BCUT2D eigenvalue weighted by molar-refractivity contribution is -0.138. The van der Waals surface area contributed by atoms with Gasteiger partial charge in [-0.15, -0.1) is 0 Å². The topological polar surface area (TPSA) is 81.1 Å². The van der Waals surface area contributed by atoms with Gasteiger partial charge in [-0.2, -0.15) is 0 Å². The van der Waals surface area contributed by atoms with E-state index in [1.165, 1.54) is 0 Å². The van der Waals surface area contributed by atoms with Gasteiger partial charge in [0.15, 0.2) is 0 Å². The van der Waals surface area contributed by atoms with Gasteiger partial charge in [0.05, 0.1) is 0 Å². The van der Waals surface area contributed by atoms with Crippen LogP contribution in [-0.2, 0) is 4.79 Å². The Hall–Kier alpha value is -1.30. The number of urea groups is 1. The summed E-state index contributed by atoms with van der Waals surface area (Å²) >= 11 is 0. The van der Waals surface area contributed by atoms with Crippen molar-refractivity contribution in [1.82, 2.24) is 9.80 Å². The molecule has 2 N–H and O–H groups in total. The van der Waals surface area contributed by atoms with Crippen molar-refractivity contribution < 1.29 is 19.8 Å². The molecule has 2 amide bonds. The molecule has 2 saturated heterocycles. The molecule has 0 aromatic rings. The highest BCUT2D eigenvalue weighted by Crippen LogP contribution is 2.26. The second-order valence-electron chi connectivity index (χ2n) is 5.84. The van der Waals surface area contributed by atoms with Crippen molar-refractivity contribution in [2.45, 2.75) is 44.6 Å². The zero-order valence-electron chi connectivity index (χ0n) is 11.8. The van der Waals surface area contributed by atoms with E-state index in [1.54, 1.807) is 4.90 Å². The van der Waals surface area contributed by atoms with Crippen LogP contribution in [0.5, 0.6) is 0 Å². The van der Waals surface area contributed by atoms with Gasteiger partial charge in [0, 0.05) is 38.7 Å². The molecule has 0 aliphatic carbocycles. The molecule has 2 fully saturated rings. The number of rotatable bonds is 5. The highest BCUT2D eigenvalue weighted by molar-refractivity contribution is 5.75. The summed E-state index contributed by atoms with van der Waals surface area (Å²) in [6.07, 6.45) is 4.56. The molecular formula is C14H24N2O4. The molecular weight excluding hydrogens is 260 g/mol. The number of aliphatic hydroxyl groups is 1. The van der Waals surface area contributed by atoms with E-state index in [0.717, 1.165) is 38.6 Å². The molecule has 2 aliphatic rings. The highest BCUT2D eigenvalue weighted by atomic mass is 16.4. The normalized spacial score (nSPS) is 26.2. The van der Waals surface area contributed by atoms with Crippen LogP contribution in [0, 0.1) is 5.92 Å². The summed E-state index contributed by atoms with van der Waals surface area (Å²) in [4.78, 5) is 26.9. The van der Waals surface area contributed by atoms with Crippen LogP contribution in [0.3, 0.4) is 0 Å². The molecule has 2 aliphatic heterocycles.